The van der Waals surface area contributed by atoms with Crippen LogP contribution in [0.15, 0.2) is 36.4 Å². The Kier molecular flexibility index (Phi) is 8.34. The average molecular weight is 502 g/mol. The molecule has 0 unspecified atom stereocenters. The minimum absolute atomic E-state index is 0.0167. The fraction of sp³-hybridized carbons (Fsp3) is 0.536. The molecule has 1 heterocycles. The highest BCUT2D eigenvalue weighted by Gasteiger charge is 2.50. The molecule has 0 radical (unpaired) electrons. The third-order valence-corrected chi connectivity index (χ3v) is 7.48. The molecule has 2 aromatic rings. The molecule has 1 aliphatic heterocycles. The summed E-state index contributed by atoms with van der Waals surface area (Å²) < 4.78 is 38.7. The van der Waals surface area contributed by atoms with E-state index in [0.29, 0.717) is 13.2 Å². The van der Waals surface area contributed by atoms with Gasteiger partial charge in [0.1, 0.15) is 0 Å². The monoisotopic (exact) mass is 501 g/mol. The van der Waals surface area contributed by atoms with Crippen LogP contribution in [-0.2, 0) is 5.41 Å². The van der Waals surface area contributed by atoms with E-state index >= 15 is 0 Å². The van der Waals surface area contributed by atoms with Gasteiger partial charge in [0.15, 0.2) is 23.1 Å². The fourth-order valence-corrected chi connectivity index (χ4v) is 5.65. The lowest BCUT2D eigenvalue weighted by Gasteiger charge is -2.45. The van der Waals surface area contributed by atoms with Gasteiger partial charge >= 0.3 is 6.03 Å². The molecule has 1 saturated carbocycles. The van der Waals surface area contributed by atoms with Crippen LogP contribution in [0.4, 0.5) is 19.3 Å². The molecule has 3 atom stereocenters. The first-order valence-corrected chi connectivity index (χ1v) is 13.0. The molecule has 0 bridgehead atoms. The fourth-order valence-electron chi connectivity index (χ4n) is 5.65. The van der Waals surface area contributed by atoms with Crippen molar-refractivity contribution < 1.29 is 23.0 Å². The van der Waals surface area contributed by atoms with E-state index < -0.39 is 17.7 Å². The number of amides is 2. The summed E-state index contributed by atoms with van der Waals surface area (Å²) in [4.78, 5) is 15.0. The Hall–Kier alpha value is -2.87. The van der Waals surface area contributed by atoms with Gasteiger partial charge in [-0.15, -0.1) is 0 Å². The molecule has 2 aromatic carbocycles. The van der Waals surface area contributed by atoms with Gasteiger partial charge in [0.25, 0.3) is 0 Å². The standard InChI is InChI=1S/C28H37F2N3O3/c1-4-14-35-24-9-6-19(16-25(24)36-15-5-2)28-11-10-21(18-26(28)33(3)13-12-28)32-27(34)31-20-7-8-22(29)23(30)17-20/h6-9,16-17,21,26H,4-5,10-15,18H2,1-3H3,(H2,31,32,34)/t21-,26+,28+/m1/s1. The first kappa shape index (κ1) is 26.2. The lowest BCUT2D eigenvalue weighted by molar-refractivity contribution is 0.155. The number of urea groups is 1. The van der Waals surface area contributed by atoms with Gasteiger partial charge in [-0.2, -0.15) is 0 Å². The molecule has 4 rings (SSSR count). The first-order chi connectivity index (χ1) is 17.4. The van der Waals surface area contributed by atoms with Gasteiger partial charge in [0.05, 0.1) is 13.2 Å². The van der Waals surface area contributed by atoms with Crippen molar-refractivity contribution in [3.05, 3.63) is 53.6 Å². The number of likely N-dealkylation sites (N-methyl/N-ethyl adjacent to an activating group) is 1. The second-order valence-electron chi connectivity index (χ2n) is 9.96. The average Bonchev–Trinajstić information content (AvgIpc) is 3.20. The quantitative estimate of drug-likeness (QED) is 0.452. The van der Waals surface area contributed by atoms with Crippen molar-refractivity contribution in [3.63, 3.8) is 0 Å². The van der Waals surface area contributed by atoms with Crippen molar-refractivity contribution in [2.75, 3.05) is 32.1 Å². The number of halogens is 2. The van der Waals surface area contributed by atoms with Crippen molar-refractivity contribution in [2.24, 2.45) is 0 Å². The van der Waals surface area contributed by atoms with Crippen LogP contribution in [0.1, 0.15) is 57.9 Å². The lowest BCUT2D eigenvalue weighted by Crippen LogP contribution is -2.52. The van der Waals surface area contributed by atoms with Gasteiger partial charge in [0.2, 0.25) is 0 Å². The van der Waals surface area contributed by atoms with Crippen LogP contribution in [0, 0.1) is 11.6 Å². The summed E-state index contributed by atoms with van der Waals surface area (Å²) in [6, 6.07) is 9.56. The molecule has 8 heteroatoms. The number of anilines is 1. The number of carbonyl (C=O) groups is 1. The van der Waals surface area contributed by atoms with Crippen LogP contribution >= 0.6 is 0 Å². The minimum atomic E-state index is -0.990. The molecule has 2 fully saturated rings. The summed E-state index contributed by atoms with van der Waals surface area (Å²) in [5, 5.41) is 5.66. The number of likely N-dealkylation sites (tertiary alicyclic amines) is 1. The zero-order valence-electron chi connectivity index (χ0n) is 21.4. The first-order valence-electron chi connectivity index (χ1n) is 13.0. The highest BCUT2D eigenvalue weighted by Crippen LogP contribution is 2.50. The number of hydrogen-bond acceptors (Lipinski definition) is 4. The van der Waals surface area contributed by atoms with E-state index in [9.17, 15) is 13.6 Å². The highest BCUT2D eigenvalue weighted by atomic mass is 19.2. The molecule has 6 nitrogen and oxygen atoms in total. The van der Waals surface area contributed by atoms with Gasteiger partial charge in [-0.05, 0) is 81.9 Å². The molecule has 196 valence electrons. The number of rotatable bonds is 9. The molecule has 2 amide bonds. The molecule has 1 aliphatic carbocycles. The summed E-state index contributed by atoms with van der Waals surface area (Å²) in [6.45, 7) is 6.45. The molecular weight excluding hydrogens is 464 g/mol. The summed E-state index contributed by atoms with van der Waals surface area (Å²) in [5.41, 5.74) is 1.47. The number of fused-ring (bicyclic) bond motifs is 1. The molecule has 2 N–H and O–H groups in total. The van der Waals surface area contributed by atoms with Crippen molar-refractivity contribution >= 4 is 11.7 Å². The van der Waals surface area contributed by atoms with Crippen LogP contribution in [0.5, 0.6) is 11.5 Å². The maximum absolute atomic E-state index is 13.5. The van der Waals surface area contributed by atoms with Gasteiger partial charge < -0.3 is 25.0 Å². The van der Waals surface area contributed by atoms with E-state index in [2.05, 4.69) is 48.6 Å². The molecule has 0 spiro atoms. The Morgan fingerprint density at radius 1 is 1.03 bits per heavy atom. The Bertz CT molecular complexity index is 1070. The predicted molar refractivity (Wildman–Crippen MR) is 137 cm³/mol. The van der Waals surface area contributed by atoms with Crippen molar-refractivity contribution in [1.29, 1.82) is 0 Å². The number of hydrogen-bond donors (Lipinski definition) is 2. The Labute approximate surface area is 212 Å². The molecular formula is C28H37F2N3O3. The Morgan fingerprint density at radius 3 is 2.50 bits per heavy atom. The van der Waals surface area contributed by atoms with Crippen molar-refractivity contribution in [2.45, 2.75) is 69.9 Å². The van der Waals surface area contributed by atoms with Crippen LogP contribution in [0.25, 0.3) is 0 Å². The summed E-state index contributed by atoms with van der Waals surface area (Å²) in [7, 11) is 2.14. The number of nitrogens with one attached hydrogen (secondary N) is 2. The molecule has 1 saturated heterocycles. The predicted octanol–water partition coefficient (Wildman–Crippen LogP) is 5.86. The SMILES string of the molecule is CCCOc1ccc([C@@]23CC[C@@H](NC(=O)Nc4ccc(F)c(F)c4)C[C@@H]2N(C)CC3)cc1OCCC. The molecule has 0 aromatic heterocycles. The maximum atomic E-state index is 13.5. The lowest BCUT2D eigenvalue weighted by atomic mass is 9.65. The summed E-state index contributed by atoms with van der Waals surface area (Å²) >= 11 is 0. The second kappa shape index (κ2) is 11.5. The highest BCUT2D eigenvalue weighted by molar-refractivity contribution is 5.89. The van der Waals surface area contributed by atoms with Crippen molar-refractivity contribution in [3.8, 4) is 11.5 Å². The van der Waals surface area contributed by atoms with E-state index in [1.807, 2.05) is 6.07 Å². The zero-order chi connectivity index (χ0) is 25.7. The van der Waals surface area contributed by atoms with E-state index in [4.69, 9.17) is 9.47 Å². The second-order valence-corrected chi connectivity index (χ2v) is 9.96. The minimum Gasteiger partial charge on any atom is -0.490 e. The summed E-state index contributed by atoms with van der Waals surface area (Å²) in [5.74, 6) is -0.340. The normalized spacial score (nSPS) is 23.7. The van der Waals surface area contributed by atoms with E-state index in [1.54, 1.807) is 0 Å². The van der Waals surface area contributed by atoms with E-state index in [0.717, 1.165) is 68.7 Å². The maximum Gasteiger partial charge on any atom is 0.319 e. The van der Waals surface area contributed by atoms with Crippen LogP contribution < -0.4 is 20.1 Å². The Morgan fingerprint density at radius 2 is 1.78 bits per heavy atom. The van der Waals surface area contributed by atoms with Gasteiger partial charge in [-0.3, -0.25) is 0 Å². The van der Waals surface area contributed by atoms with Crippen LogP contribution in [0.2, 0.25) is 0 Å². The number of carbonyl (C=O) groups excluding carboxylic acids is 1. The number of ether oxygens (including phenoxy) is 2. The van der Waals surface area contributed by atoms with Crippen LogP contribution in [-0.4, -0.2) is 49.8 Å². The van der Waals surface area contributed by atoms with Gasteiger partial charge in [-0.1, -0.05) is 19.9 Å². The van der Waals surface area contributed by atoms with E-state index in [-0.39, 0.29) is 23.2 Å². The third kappa shape index (κ3) is 5.59. The Balaban J connectivity index is 1.48. The number of benzene rings is 2. The smallest absolute Gasteiger partial charge is 0.319 e. The van der Waals surface area contributed by atoms with Crippen molar-refractivity contribution in [1.82, 2.24) is 10.2 Å². The summed E-state index contributed by atoms with van der Waals surface area (Å²) in [6.07, 6.45) is 5.47. The van der Waals surface area contributed by atoms with E-state index in [1.165, 1.54) is 11.6 Å². The molecule has 2 aliphatic rings. The zero-order valence-corrected chi connectivity index (χ0v) is 21.4. The van der Waals surface area contributed by atoms with Gasteiger partial charge in [0, 0.05) is 29.3 Å². The number of nitrogens with zero attached hydrogens (tertiary/aromatic N) is 1. The topological polar surface area (TPSA) is 62.8 Å². The largest absolute Gasteiger partial charge is 0.490 e. The molecule has 36 heavy (non-hydrogen) atoms. The van der Waals surface area contributed by atoms with Gasteiger partial charge in [-0.25, -0.2) is 13.6 Å². The third-order valence-electron chi connectivity index (χ3n) is 7.48. The van der Waals surface area contributed by atoms with Crippen LogP contribution in [0.3, 0.4) is 0 Å².